The molecular weight excluding hydrogens is 246 g/mol. The highest BCUT2D eigenvalue weighted by atomic mass is 32.2. The van der Waals surface area contributed by atoms with Gasteiger partial charge in [0, 0.05) is 42.4 Å². The summed E-state index contributed by atoms with van der Waals surface area (Å²) in [7, 11) is 1.62. The molecule has 3 nitrogen and oxygen atoms in total. The van der Waals surface area contributed by atoms with Gasteiger partial charge in [0.2, 0.25) is 0 Å². The van der Waals surface area contributed by atoms with E-state index in [0.717, 1.165) is 30.3 Å². The summed E-state index contributed by atoms with van der Waals surface area (Å²) >= 11 is 1.96. The molecule has 0 saturated carbocycles. The Balaban J connectivity index is 1.95. The van der Waals surface area contributed by atoms with Gasteiger partial charge in [0.1, 0.15) is 5.75 Å². The van der Waals surface area contributed by atoms with Crippen LogP contribution < -0.4 is 4.74 Å². The van der Waals surface area contributed by atoms with Gasteiger partial charge in [-0.05, 0) is 24.3 Å². The third-order valence-electron chi connectivity index (χ3n) is 2.86. The molecule has 1 aliphatic rings. The smallest absolute Gasteiger partial charge is 0.187 e. The number of ketones is 1. The monoisotopic (exact) mass is 263 g/mol. The van der Waals surface area contributed by atoms with E-state index in [9.17, 15) is 4.79 Å². The second-order valence-electron chi connectivity index (χ2n) is 4.06. The van der Waals surface area contributed by atoms with E-state index in [1.807, 2.05) is 18.0 Å². The Hall–Kier alpha value is -1.42. The van der Waals surface area contributed by atoms with Gasteiger partial charge in [-0.25, -0.2) is 0 Å². The van der Waals surface area contributed by atoms with Crippen molar-refractivity contribution in [1.29, 1.82) is 0 Å². The highest BCUT2D eigenvalue weighted by molar-refractivity contribution is 7.99. The molecule has 0 atom stereocenters. The lowest BCUT2D eigenvalue weighted by Crippen LogP contribution is -2.27. The number of allylic oxidation sites excluding steroid dienone is 1. The van der Waals surface area contributed by atoms with Crippen molar-refractivity contribution in [3.8, 4) is 5.75 Å². The van der Waals surface area contributed by atoms with E-state index in [0.29, 0.717) is 5.56 Å². The van der Waals surface area contributed by atoms with E-state index >= 15 is 0 Å². The van der Waals surface area contributed by atoms with Crippen molar-refractivity contribution in [2.45, 2.75) is 0 Å². The molecule has 0 amide bonds. The largest absolute Gasteiger partial charge is 0.497 e. The first-order valence-corrected chi connectivity index (χ1v) is 7.13. The van der Waals surface area contributed by atoms with E-state index in [2.05, 4.69) is 4.90 Å². The summed E-state index contributed by atoms with van der Waals surface area (Å²) in [6.07, 6.45) is 3.56. The van der Waals surface area contributed by atoms with Gasteiger partial charge in [-0.2, -0.15) is 11.8 Å². The van der Waals surface area contributed by atoms with Crippen LogP contribution in [0, 0.1) is 0 Å². The highest BCUT2D eigenvalue weighted by Crippen LogP contribution is 2.13. The van der Waals surface area contributed by atoms with E-state index in [1.54, 1.807) is 37.5 Å². The number of hydrogen-bond acceptors (Lipinski definition) is 4. The van der Waals surface area contributed by atoms with Crippen LogP contribution in [0.3, 0.4) is 0 Å². The van der Waals surface area contributed by atoms with Crippen molar-refractivity contribution in [3.63, 3.8) is 0 Å². The Morgan fingerprint density at radius 3 is 2.56 bits per heavy atom. The van der Waals surface area contributed by atoms with Gasteiger partial charge in [0.25, 0.3) is 0 Å². The highest BCUT2D eigenvalue weighted by Gasteiger charge is 2.07. The van der Waals surface area contributed by atoms with Gasteiger partial charge in [-0.3, -0.25) is 4.79 Å². The predicted octanol–water partition coefficient (Wildman–Crippen LogP) is 2.44. The Morgan fingerprint density at radius 1 is 1.28 bits per heavy atom. The van der Waals surface area contributed by atoms with Crippen LogP contribution in [0.2, 0.25) is 0 Å². The zero-order valence-electron chi connectivity index (χ0n) is 10.5. The first-order chi connectivity index (χ1) is 8.79. The minimum Gasteiger partial charge on any atom is -0.497 e. The molecule has 1 aromatic carbocycles. The minimum atomic E-state index is 0.0379. The molecule has 4 heteroatoms. The van der Waals surface area contributed by atoms with E-state index in [-0.39, 0.29) is 5.78 Å². The number of benzene rings is 1. The summed E-state index contributed by atoms with van der Waals surface area (Å²) in [6.45, 7) is 2.05. The molecule has 1 heterocycles. The molecule has 0 radical (unpaired) electrons. The average Bonchev–Trinajstić information content (AvgIpc) is 2.46. The molecule has 0 spiro atoms. The molecule has 0 bridgehead atoms. The summed E-state index contributed by atoms with van der Waals surface area (Å²) in [5.74, 6) is 3.08. The fourth-order valence-corrected chi connectivity index (χ4v) is 2.68. The van der Waals surface area contributed by atoms with Crippen molar-refractivity contribution in [3.05, 3.63) is 42.1 Å². The maximum atomic E-state index is 11.9. The molecule has 96 valence electrons. The molecule has 0 unspecified atom stereocenters. The number of thioether (sulfide) groups is 1. The van der Waals surface area contributed by atoms with Crippen LogP contribution in [0.5, 0.6) is 5.75 Å². The third kappa shape index (κ3) is 3.53. The Kier molecular flexibility index (Phi) is 4.70. The standard InChI is InChI=1S/C14H17NO2S/c1-17-13-4-2-12(3-5-13)14(16)6-7-15-8-10-18-11-9-15/h2-7H,8-11H2,1H3. The minimum absolute atomic E-state index is 0.0379. The molecule has 2 rings (SSSR count). The number of ether oxygens (including phenoxy) is 1. The molecule has 1 fully saturated rings. The maximum absolute atomic E-state index is 11.9. The van der Waals surface area contributed by atoms with Crippen LogP contribution in [0.4, 0.5) is 0 Å². The number of methoxy groups -OCH3 is 1. The molecular formula is C14H17NO2S. The van der Waals surface area contributed by atoms with Crippen LogP contribution in [-0.4, -0.2) is 42.4 Å². The molecule has 18 heavy (non-hydrogen) atoms. The first-order valence-electron chi connectivity index (χ1n) is 5.98. The lowest BCUT2D eigenvalue weighted by atomic mass is 10.1. The number of nitrogens with zero attached hydrogens (tertiary/aromatic N) is 1. The van der Waals surface area contributed by atoms with Crippen LogP contribution in [0.15, 0.2) is 36.5 Å². The van der Waals surface area contributed by atoms with Gasteiger partial charge in [-0.1, -0.05) is 0 Å². The van der Waals surface area contributed by atoms with Gasteiger partial charge in [0.15, 0.2) is 5.78 Å². The Labute approximate surface area is 112 Å². The van der Waals surface area contributed by atoms with Crippen LogP contribution in [-0.2, 0) is 0 Å². The average molecular weight is 263 g/mol. The Bertz CT molecular complexity index is 422. The van der Waals surface area contributed by atoms with Crippen LogP contribution in [0.25, 0.3) is 0 Å². The van der Waals surface area contributed by atoms with E-state index < -0.39 is 0 Å². The van der Waals surface area contributed by atoms with Gasteiger partial charge >= 0.3 is 0 Å². The molecule has 0 aromatic heterocycles. The second kappa shape index (κ2) is 6.50. The quantitative estimate of drug-likeness (QED) is 0.616. The second-order valence-corrected chi connectivity index (χ2v) is 5.28. The fraction of sp³-hybridized carbons (Fsp3) is 0.357. The number of carbonyl (C=O) groups is 1. The topological polar surface area (TPSA) is 29.5 Å². The first kappa shape index (κ1) is 13.0. The number of rotatable bonds is 4. The van der Waals surface area contributed by atoms with Crippen molar-refractivity contribution < 1.29 is 9.53 Å². The summed E-state index contributed by atoms with van der Waals surface area (Å²) in [5.41, 5.74) is 0.693. The molecule has 0 N–H and O–H groups in total. The number of hydrogen-bond donors (Lipinski definition) is 0. The van der Waals surface area contributed by atoms with Crippen molar-refractivity contribution in [2.24, 2.45) is 0 Å². The predicted molar refractivity (Wildman–Crippen MR) is 75.4 cm³/mol. The van der Waals surface area contributed by atoms with Crippen molar-refractivity contribution in [1.82, 2.24) is 4.90 Å². The maximum Gasteiger partial charge on any atom is 0.187 e. The summed E-state index contributed by atoms with van der Waals surface area (Å²) in [6, 6.07) is 7.19. The molecule has 1 aromatic rings. The van der Waals surface area contributed by atoms with Crippen molar-refractivity contribution in [2.75, 3.05) is 31.7 Å². The summed E-state index contributed by atoms with van der Waals surface area (Å²) in [5, 5.41) is 0. The molecule has 1 aliphatic heterocycles. The Morgan fingerprint density at radius 2 is 1.94 bits per heavy atom. The van der Waals surface area contributed by atoms with Crippen LogP contribution >= 0.6 is 11.8 Å². The fourth-order valence-electron chi connectivity index (χ4n) is 1.75. The SMILES string of the molecule is COc1ccc(C(=O)C=CN2CCSCC2)cc1. The summed E-state index contributed by atoms with van der Waals surface area (Å²) < 4.78 is 5.06. The third-order valence-corrected chi connectivity index (χ3v) is 3.80. The van der Waals surface area contributed by atoms with E-state index in [4.69, 9.17) is 4.74 Å². The molecule has 1 saturated heterocycles. The molecule has 0 aliphatic carbocycles. The van der Waals surface area contributed by atoms with Crippen LogP contribution in [0.1, 0.15) is 10.4 Å². The zero-order chi connectivity index (χ0) is 12.8. The van der Waals surface area contributed by atoms with Crippen molar-refractivity contribution >= 4 is 17.5 Å². The van der Waals surface area contributed by atoms with E-state index in [1.165, 1.54) is 0 Å². The van der Waals surface area contributed by atoms with Gasteiger partial charge in [0.05, 0.1) is 7.11 Å². The van der Waals surface area contributed by atoms with Gasteiger partial charge < -0.3 is 9.64 Å². The van der Waals surface area contributed by atoms with Gasteiger partial charge in [-0.15, -0.1) is 0 Å². The lowest BCUT2D eigenvalue weighted by molar-refractivity contribution is 0.104. The lowest BCUT2D eigenvalue weighted by Gasteiger charge is -2.24. The normalized spacial score (nSPS) is 15.9. The summed E-state index contributed by atoms with van der Waals surface area (Å²) in [4.78, 5) is 14.1. The zero-order valence-corrected chi connectivity index (χ0v) is 11.3. The number of carbonyl (C=O) groups excluding carboxylic acids is 1.